The third kappa shape index (κ3) is 4.60. The number of benzene rings is 2. The lowest BCUT2D eigenvalue weighted by molar-refractivity contribution is -0.115. The number of methoxy groups -OCH3 is 1. The highest BCUT2D eigenvalue weighted by Crippen LogP contribution is 2.30. The van der Waals surface area contributed by atoms with Crippen molar-refractivity contribution in [2.75, 3.05) is 7.11 Å². The molecule has 3 rings (SSSR count). The third-order valence-corrected chi connectivity index (χ3v) is 4.30. The van der Waals surface area contributed by atoms with Crippen molar-refractivity contribution in [2.24, 2.45) is 5.92 Å². The Morgan fingerprint density at radius 1 is 1.28 bits per heavy atom. The molecule has 0 unspecified atom stereocenters. The molecule has 25 heavy (non-hydrogen) atoms. The lowest BCUT2D eigenvalue weighted by atomic mass is 10.1. The quantitative estimate of drug-likeness (QED) is 0.647. The third-order valence-electron chi connectivity index (χ3n) is 4.01. The van der Waals surface area contributed by atoms with E-state index in [1.54, 1.807) is 19.3 Å². The maximum atomic E-state index is 13.2. The molecule has 5 heteroatoms. The molecule has 1 fully saturated rings. The Morgan fingerprint density at radius 3 is 2.76 bits per heavy atom. The van der Waals surface area contributed by atoms with Crippen LogP contribution in [0, 0.1) is 11.7 Å². The minimum atomic E-state index is -0.487. The maximum Gasteiger partial charge on any atom is 0.158 e. The van der Waals surface area contributed by atoms with E-state index in [0.717, 1.165) is 24.0 Å². The first kappa shape index (κ1) is 17.5. The topological polar surface area (TPSA) is 35.5 Å². The molecule has 1 aliphatic rings. The lowest BCUT2D eigenvalue weighted by Crippen LogP contribution is -2.00. The molecule has 2 aromatic carbocycles. The van der Waals surface area contributed by atoms with Crippen LogP contribution >= 0.6 is 11.6 Å². The zero-order valence-electron chi connectivity index (χ0n) is 13.8. The molecule has 0 spiro atoms. The summed E-state index contributed by atoms with van der Waals surface area (Å²) >= 11 is 5.76. The lowest BCUT2D eigenvalue weighted by Gasteiger charge is -2.11. The van der Waals surface area contributed by atoms with Crippen LogP contribution in [0.15, 0.2) is 42.5 Å². The van der Waals surface area contributed by atoms with Gasteiger partial charge in [-0.15, -0.1) is 0 Å². The van der Waals surface area contributed by atoms with Crippen LogP contribution in [0.4, 0.5) is 4.39 Å². The molecule has 1 saturated carbocycles. The van der Waals surface area contributed by atoms with Gasteiger partial charge in [-0.3, -0.25) is 4.79 Å². The number of hydrogen-bond donors (Lipinski definition) is 0. The zero-order valence-corrected chi connectivity index (χ0v) is 14.6. The molecular weight excluding hydrogens is 343 g/mol. The molecule has 0 heterocycles. The fraction of sp³-hybridized carbons (Fsp3) is 0.250. The number of rotatable bonds is 7. The number of ether oxygens (including phenoxy) is 2. The summed E-state index contributed by atoms with van der Waals surface area (Å²) in [5.41, 5.74) is 1.72. The number of allylic oxidation sites excluding steroid dienone is 1. The molecule has 0 amide bonds. The van der Waals surface area contributed by atoms with E-state index in [0.29, 0.717) is 11.5 Å². The van der Waals surface area contributed by atoms with Crippen LogP contribution in [0.25, 0.3) is 6.08 Å². The first-order chi connectivity index (χ1) is 12.1. The molecule has 130 valence electrons. The van der Waals surface area contributed by atoms with Crippen molar-refractivity contribution in [3.8, 4) is 11.5 Å². The molecule has 0 radical (unpaired) electrons. The summed E-state index contributed by atoms with van der Waals surface area (Å²) in [6.07, 6.45) is 5.42. The van der Waals surface area contributed by atoms with Crippen molar-refractivity contribution in [1.29, 1.82) is 0 Å². The zero-order chi connectivity index (χ0) is 17.8. The number of ketones is 1. The summed E-state index contributed by atoms with van der Waals surface area (Å²) in [5, 5.41) is 0.0136. The Bertz CT molecular complexity index is 813. The molecule has 1 aliphatic carbocycles. The Hall–Kier alpha value is -2.33. The summed E-state index contributed by atoms with van der Waals surface area (Å²) in [6.45, 7) is 0.239. The summed E-state index contributed by atoms with van der Waals surface area (Å²) in [6, 6.07) is 9.83. The van der Waals surface area contributed by atoms with Crippen molar-refractivity contribution in [3.63, 3.8) is 0 Å². The molecule has 0 aromatic heterocycles. The summed E-state index contributed by atoms with van der Waals surface area (Å²) in [7, 11) is 1.58. The molecule has 0 N–H and O–H groups in total. The van der Waals surface area contributed by atoms with Crippen LogP contribution in [0.1, 0.15) is 24.0 Å². The SMILES string of the molecule is COc1ccc(/C=C/C(=O)C2CC2)cc1COc1ccc(F)c(Cl)c1. The number of hydrogen-bond acceptors (Lipinski definition) is 3. The second-order valence-corrected chi connectivity index (χ2v) is 6.35. The molecule has 0 bridgehead atoms. The van der Waals surface area contributed by atoms with Gasteiger partial charge in [0.05, 0.1) is 12.1 Å². The molecule has 3 nitrogen and oxygen atoms in total. The molecule has 2 aromatic rings. The van der Waals surface area contributed by atoms with Crippen molar-refractivity contribution in [3.05, 3.63) is 64.4 Å². The summed E-state index contributed by atoms with van der Waals surface area (Å²) in [4.78, 5) is 11.8. The normalized spacial score (nSPS) is 13.9. The van der Waals surface area contributed by atoms with Crippen LogP contribution in [0.5, 0.6) is 11.5 Å². The van der Waals surface area contributed by atoms with E-state index in [1.165, 1.54) is 18.2 Å². The summed E-state index contributed by atoms with van der Waals surface area (Å²) < 4.78 is 24.2. The van der Waals surface area contributed by atoms with E-state index >= 15 is 0 Å². The van der Waals surface area contributed by atoms with E-state index in [-0.39, 0.29) is 23.3 Å². The molecular formula is C20H18ClFO3. The molecule has 0 saturated heterocycles. The highest BCUT2D eigenvalue weighted by atomic mass is 35.5. The largest absolute Gasteiger partial charge is 0.496 e. The average Bonchev–Trinajstić information content (AvgIpc) is 3.46. The Kier molecular flexibility index (Phi) is 5.39. The van der Waals surface area contributed by atoms with Crippen LogP contribution in [0.2, 0.25) is 5.02 Å². The van der Waals surface area contributed by atoms with Gasteiger partial charge in [0.25, 0.3) is 0 Å². The van der Waals surface area contributed by atoms with Crippen molar-refractivity contribution < 1.29 is 18.7 Å². The monoisotopic (exact) mass is 360 g/mol. The number of halogens is 2. The van der Waals surface area contributed by atoms with Gasteiger partial charge in [0.2, 0.25) is 0 Å². The predicted octanol–water partition coefficient (Wildman–Crippen LogP) is 5.06. The number of carbonyl (C=O) groups is 1. The molecule has 0 atom stereocenters. The van der Waals surface area contributed by atoms with Gasteiger partial charge in [0.15, 0.2) is 5.78 Å². The highest BCUT2D eigenvalue weighted by Gasteiger charge is 2.27. The maximum absolute atomic E-state index is 13.2. The minimum absolute atomic E-state index is 0.0136. The number of carbonyl (C=O) groups excluding carboxylic acids is 1. The van der Waals surface area contributed by atoms with E-state index < -0.39 is 5.82 Å². The highest BCUT2D eigenvalue weighted by molar-refractivity contribution is 6.30. The van der Waals surface area contributed by atoms with E-state index in [2.05, 4.69) is 0 Å². The first-order valence-electron chi connectivity index (χ1n) is 8.03. The second kappa shape index (κ2) is 7.70. The minimum Gasteiger partial charge on any atom is -0.496 e. The fourth-order valence-electron chi connectivity index (χ4n) is 2.42. The second-order valence-electron chi connectivity index (χ2n) is 5.95. The van der Waals surface area contributed by atoms with Gasteiger partial charge >= 0.3 is 0 Å². The summed E-state index contributed by atoms with van der Waals surface area (Å²) in [5.74, 6) is 1.05. The average molecular weight is 361 g/mol. The van der Waals surface area contributed by atoms with Gasteiger partial charge < -0.3 is 9.47 Å². The van der Waals surface area contributed by atoms with Crippen molar-refractivity contribution >= 4 is 23.5 Å². The Balaban J connectivity index is 1.72. The van der Waals surface area contributed by atoms with Crippen LogP contribution in [-0.4, -0.2) is 12.9 Å². The fourth-order valence-corrected chi connectivity index (χ4v) is 2.60. The van der Waals surface area contributed by atoms with Crippen LogP contribution in [0.3, 0.4) is 0 Å². The van der Waals surface area contributed by atoms with E-state index in [1.807, 2.05) is 18.2 Å². The van der Waals surface area contributed by atoms with Gasteiger partial charge in [-0.25, -0.2) is 4.39 Å². The van der Waals surface area contributed by atoms with Gasteiger partial charge in [-0.2, -0.15) is 0 Å². The van der Waals surface area contributed by atoms with E-state index in [9.17, 15) is 9.18 Å². The van der Waals surface area contributed by atoms with Gasteiger partial charge in [-0.1, -0.05) is 23.7 Å². The van der Waals surface area contributed by atoms with Crippen LogP contribution in [-0.2, 0) is 11.4 Å². The van der Waals surface area contributed by atoms with Gasteiger partial charge in [0, 0.05) is 17.5 Å². The van der Waals surface area contributed by atoms with Crippen molar-refractivity contribution in [2.45, 2.75) is 19.4 Å². The first-order valence-corrected chi connectivity index (χ1v) is 8.41. The van der Waals surface area contributed by atoms with Crippen molar-refractivity contribution in [1.82, 2.24) is 0 Å². The van der Waals surface area contributed by atoms with Crippen LogP contribution < -0.4 is 9.47 Å². The van der Waals surface area contributed by atoms with Gasteiger partial charge in [-0.05, 0) is 48.7 Å². The predicted molar refractivity (Wildman–Crippen MR) is 95.5 cm³/mol. The molecule has 0 aliphatic heterocycles. The van der Waals surface area contributed by atoms with Gasteiger partial charge in [0.1, 0.15) is 23.9 Å². The Labute approximate surface area is 151 Å². The standard InChI is InChI=1S/C20H18ClFO3/c1-24-20-9-3-13(2-8-19(23)14-4-5-14)10-15(20)12-25-16-6-7-18(22)17(21)11-16/h2-3,6-11,14H,4-5,12H2,1H3/b8-2+. The Morgan fingerprint density at radius 2 is 2.08 bits per heavy atom. The van der Waals surface area contributed by atoms with E-state index in [4.69, 9.17) is 21.1 Å². The smallest absolute Gasteiger partial charge is 0.158 e.